The summed E-state index contributed by atoms with van der Waals surface area (Å²) in [4.78, 5) is 14.0. The van der Waals surface area contributed by atoms with Crippen molar-refractivity contribution in [2.45, 2.75) is 13.0 Å². The van der Waals surface area contributed by atoms with Crippen LogP contribution in [0.1, 0.15) is 17.4 Å². The van der Waals surface area contributed by atoms with Crippen molar-refractivity contribution in [1.82, 2.24) is 15.1 Å². The molecule has 1 aliphatic heterocycles. The summed E-state index contributed by atoms with van der Waals surface area (Å²) in [5.74, 6) is 1.67. The van der Waals surface area contributed by atoms with E-state index in [1.807, 2.05) is 31.2 Å². The van der Waals surface area contributed by atoms with Gasteiger partial charge in [-0.25, -0.2) is 0 Å². The van der Waals surface area contributed by atoms with E-state index >= 15 is 0 Å². The van der Waals surface area contributed by atoms with Gasteiger partial charge in [-0.1, -0.05) is 12.1 Å². The van der Waals surface area contributed by atoms with Crippen molar-refractivity contribution in [2.75, 3.05) is 26.8 Å². The highest BCUT2D eigenvalue weighted by Gasteiger charge is 2.25. The van der Waals surface area contributed by atoms with Crippen LogP contribution in [0.15, 0.2) is 30.3 Å². The molecule has 0 saturated carbocycles. The summed E-state index contributed by atoms with van der Waals surface area (Å²) < 4.78 is 16.8. The van der Waals surface area contributed by atoms with Gasteiger partial charge in [0.15, 0.2) is 17.6 Å². The molecule has 1 amide bonds. The number of carbonyl (C=O) groups excluding carboxylic acids is 1. The Morgan fingerprint density at radius 3 is 3.00 bits per heavy atom. The second kappa shape index (κ2) is 6.60. The van der Waals surface area contributed by atoms with Crippen LogP contribution in [0.25, 0.3) is 0 Å². The molecule has 1 aliphatic rings. The molecular weight excluding hydrogens is 298 g/mol. The van der Waals surface area contributed by atoms with Crippen molar-refractivity contribution >= 4 is 5.91 Å². The van der Waals surface area contributed by atoms with Gasteiger partial charge in [0.25, 0.3) is 5.91 Å². The lowest BCUT2D eigenvalue weighted by molar-refractivity contribution is 0.0517. The number of aromatic amines is 1. The summed E-state index contributed by atoms with van der Waals surface area (Å²) in [6, 6.07) is 9.09. The predicted octanol–water partition coefficient (Wildman–Crippen LogP) is 1.72. The van der Waals surface area contributed by atoms with Gasteiger partial charge in [-0.3, -0.25) is 9.89 Å². The first-order valence-corrected chi connectivity index (χ1v) is 7.49. The van der Waals surface area contributed by atoms with Crippen molar-refractivity contribution < 1.29 is 19.0 Å². The second-order valence-electron chi connectivity index (χ2n) is 5.24. The number of H-pyrrole nitrogens is 1. The van der Waals surface area contributed by atoms with Crippen LogP contribution in [-0.4, -0.2) is 53.9 Å². The number of amides is 1. The van der Waals surface area contributed by atoms with Gasteiger partial charge in [0.1, 0.15) is 12.3 Å². The number of fused-ring (bicyclic) bond motifs is 1. The van der Waals surface area contributed by atoms with E-state index in [0.29, 0.717) is 37.1 Å². The molecule has 0 bridgehead atoms. The molecule has 1 aromatic carbocycles. The minimum atomic E-state index is -0.215. The smallest absolute Gasteiger partial charge is 0.271 e. The summed E-state index contributed by atoms with van der Waals surface area (Å²) in [5, 5.41) is 6.62. The molecule has 23 heavy (non-hydrogen) atoms. The second-order valence-corrected chi connectivity index (χ2v) is 5.24. The number of benzene rings is 1. The molecule has 1 N–H and O–H groups in total. The molecule has 0 radical (unpaired) electrons. The Bertz CT molecular complexity index is 685. The van der Waals surface area contributed by atoms with Crippen LogP contribution in [-0.2, 0) is 0 Å². The number of nitrogens with zero attached hydrogens (tertiary/aromatic N) is 2. The van der Waals surface area contributed by atoms with Crippen molar-refractivity contribution in [3.8, 4) is 17.4 Å². The van der Waals surface area contributed by atoms with Gasteiger partial charge in [0.2, 0.25) is 5.88 Å². The van der Waals surface area contributed by atoms with Crippen LogP contribution in [0.4, 0.5) is 0 Å². The molecule has 122 valence electrons. The number of hydrogen-bond donors (Lipinski definition) is 1. The fraction of sp³-hybridized carbons (Fsp3) is 0.375. The molecule has 1 atom stereocenters. The zero-order valence-corrected chi connectivity index (χ0v) is 13.1. The first-order valence-electron chi connectivity index (χ1n) is 7.49. The summed E-state index contributed by atoms with van der Waals surface area (Å²) in [7, 11) is 1.72. The van der Waals surface area contributed by atoms with E-state index in [1.54, 1.807) is 18.0 Å². The SMILES string of the molecule is CCOc1cc(C(=O)N(C)CC2COc3ccccc3O2)[nH]n1. The molecule has 1 aromatic heterocycles. The third-order valence-electron chi connectivity index (χ3n) is 3.47. The Labute approximate surface area is 134 Å². The number of hydrogen-bond acceptors (Lipinski definition) is 5. The zero-order valence-electron chi connectivity index (χ0n) is 13.1. The third kappa shape index (κ3) is 3.39. The number of para-hydroxylation sites is 2. The molecule has 0 fully saturated rings. The number of likely N-dealkylation sites (N-methyl/N-ethyl adjacent to an activating group) is 1. The zero-order chi connectivity index (χ0) is 16.2. The first kappa shape index (κ1) is 15.2. The summed E-state index contributed by atoms with van der Waals surface area (Å²) in [5.41, 5.74) is 0.382. The monoisotopic (exact) mass is 317 g/mol. The van der Waals surface area contributed by atoms with Crippen molar-refractivity contribution in [1.29, 1.82) is 0 Å². The molecule has 2 heterocycles. The Morgan fingerprint density at radius 2 is 2.22 bits per heavy atom. The number of nitrogens with one attached hydrogen (secondary N) is 1. The van der Waals surface area contributed by atoms with Crippen molar-refractivity contribution in [2.24, 2.45) is 0 Å². The Balaban J connectivity index is 1.60. The fourth-order valence-electron chi connectivity index (χ4n) is 2.38. The molecule has 2 aromatic rings. The third-order valence-corrected chi connectivity index (χ3v) is 3.47. The van der Waals surface area contributed by atoms with Gasteiger partial charge in [-0.15, -0.1) is 5.10 Å². The van der Waals surface area contributed by atoms with Crippen LogP contribution < -0.4 is 14.2 Å². The number of carbonyl (C=O) groups is 1. The molecular formula is C16H19N3O4. The van der Waals surface area contributed by atoms with E-state index in [2.05, 4.69) is 10.2 Å². The number of rotatable bonds is 5. The van der Waals surface area contributed by atoms with Crippen LogP contribution in [0, 0.1) is 0 Å². The molecule has 7 heteroatoms. The minimum Gasteiger partial charge on any atom is -0.486 e. The molecule has 0 aliphatic carbocycles. The normalized spacial score (nSPS) is 16.0. The van der Waals surface area contributed by atoms with Gasteiger partial charge < -0.3 is 19.1 Å². The van der Waals surface area contributed by atoms with Crippen molar-refractivity contribution in [3.63, 3.8) is 0 Å². The standard InChI is InChI=1S/C16H19N3O4/c1-3-21-15-8-12(17-18-15)16(20)19(2)9-11-10-22-13-6-4-5-7-14(13)23-11/h4-8,11H,3,9-10H2,1-2H3,(H,17,18). The Kier molecular flexibility index (Phi) is 4.36. The highest BCUT2D eigenvalue weighted by molar-refractivity contribution is 5.92. The van der Waals surface area contributed by atoms with Crippen LogP contribution in [0.3, 0.4) is 0 Å². The van der Waals surface area contributed by atoms with E-state index in [1.165, 1.54) is 0 Å². The molecule has 7 nitrogen and oxygen atoms in total. The van der Waals surface area contributed by atoms with Gasteiger partial charge in [-0.2, -0.15) is 0 Å². The number of ether oxygens (including phenoxy) is 3. The molecule has 3 rings (SSSR count). The van der Waals surface area contributed by atoms with Gasteiger partial charge in [0.05, 0.1) is 13.2 Å². The van der Waals surface area contributed by atoms with Gasteiger partial charge in [0, 0.05) is 13.1 Å². The Hall–Kier alpha value is -2.70. The van der Waals surface area contributed by atoms with E-state index in [-0.39, 0.29) is 12.0 Å². The van der Waals surface area contributed by atoms with Crippen LogP contribution in [0.5, 0.6) is 17.4 Å². The highest BCUT2D eigenvalue weighted by Crippen LogP contribution is 2.31. The maximum Gasteiger partial charge on any atom is 0.271 e. The van der Waals surface area contributed by atoms with Crippen molar-refractivity contribution in [3.05, 3.63) is 36.0 Å². The maximum atomic E-state index is 12.4. The fourth-order valence-corrected chi connectivity index (χ4v) is 2.38. The lowest BCUT2D eigenvalue weighted by Gasteiger charge is -2.29. The minimum absolute atomic E-state index is 0.175. The summed E-state index contributed by atoms with van der Waals surface area (Å²) >= 11 is 0. The average Bonchev–Trinajstić information content (AvgIpc) is 3.03. The lowest BCUT2D eigenvalue weighted by Crippen LogP contribution is -2.41. The van der Waals surface area contributed by atoms with E-state index in [0.717, 1.165) is 5.75 Å². The quantitative estimate of drug-likeness (QED) is 0.908. The van der Waals surface area contributed by atoms with E-state index in [9.17, 15) is 4.79 Å². The number of aromatic nitrogens is 2. The largest absolute Gasteiger partial charge is 0.486 e. The maximum absolute atomic E-state index is 12.4. The van der Waals surface area contributed by atoms with Gasteiger partial charge >= 0.3 is 0 Å². The topological polar surface area (TPSA) is 76.7 Å². The Morgan fingerprint density at radius 1 is 1.43 bits per heavy atom. The predicted molar refractivity (Wildman–Crippen MR) is 83.1 cm³/mol. The summed E-state index contributed by atoms with van der Waals surface area (Å²) in [6.45, 7) is 3.18. The van der Waals surface area contributed by atoms with E-state index in [4.69, 9.17) is 14.2 Å². The average molecular weight is 317 g/mol. The molecule has 0 spiro atoms. The highest BCUT2D eigenvalue weighted by atomic mass is 16.6. The van der Waals surface area contributed by atoms with Gasteiger partial charge in [-0.05, 0) is 19.1 Å². The lowest BCUT2D eigenvalue weighted by atomic mass is 10.2. The van der Waals surface area contributed by atoms with E-state index < -0.39 is 0 Å². The molecule has 1 unspecified atom stereocenters. The summed E-state index contributed by atoms with van der Waals surface area (Å²) in [6.07, 6.45) is -0.215. The van der Waals surface area contributed by atoms with Crippen LogP contribution in [0.2, 0.25) is 0 Å². The van der Waals surface area contributed by atoms with Crippen LogP contribution >= 0.6 is 0 Å². The molecule has 0 saturated heterocycles. The first-order chi connectivity index (χ1) is 11.2.